The number of nitrogens with zero attached hydrogens (tertiary/aromatic N) is 1. The smallest absolute Gasteiger partial charge is 0.0494 e. The Hall–Kier alpha value is -2.54. The molecule has 0 aliphatic heterocycles. The molecule has 20 heavy (non-hydrogen) atoms. The summed E-state index contributed by atoms with van der Waals surface area (Å²) >= 11 is 0. The van der Waals surface area contributed by atoms with Gasteiger partial charge in [0.15, 0.2) is 0 Å². The average molecular weight is 256 g/mol. The maximum Gasteiger partial charge on any atom is 0.0494 e. The first-order valence-corrected chi connectivity index (χ1v) is 6.84. The van der Waals surface area contributed by atoms with Crippen LogP contribution in [-0.4, -0.2) is 4.57 Å². The van der Waals surface area contributed by atoms with Gasteiger partial charge in [-0.2, -0.15) is 0 Å². The summed E-state index contributed by atoms with van der Waals surface area (Å²) in [6.45, 7) is 0.898. The fourth-order valence-electron chi connectivity index (χ4n) is 2.88. The highest BCUT2D eigenvalue weighted by Crippen LogP contribution is 2.29. The third-order valence-electron chi connectivity index (χ3n) is 3.80. The zero-order chi connectivity index (χ0) is 13.4. The maximum atomic E-state index is 3.19. The molecular weight excluding hydrogens is 242 g/mol. The second-order valence-electron chi connectivity index (χ2n) is 5.03. The van der Waals surface area contributed by atoms with Crippen LogP contribution in [0.25, 0.3) is 21.8 Å². The second kappa shape index (κ2) is 4.53. The molecule has 0 aliphatic rings. The Kier molecular flexibility index (Phi) is 2.56. The topological polar surface area (TPSA) is 4.93 Å². The van der Waals surface area contributed by atoms with E-state index < -0.39 is 0 Å². The van der Waals surface area contributed by atoms with Crippen molar-refractivity contribution in [3.8, 4) is 0 Å². The summed E-state index contributed by atoms with van der Waals surface area (Å²) in [7, 11) is 0. The van der Waals surface area contributed by atoms with Gasteiger partial charge in [-0.15, -0.1) is 0 Å². The van der Waals surface area contributed by atoms with E-state index in [1.54, 1.807) is 0 Å². The maximum absolute atomic E-state index is 3.19. The molecule has 95 valence electrons. The van der Waals surface area contributed by atoms with Crippen LogP contribution >= 0.6 is 0 Å². The number of hydrogen-bond acceptors (Lipinski definition) is 0. The second-order valence-corrected chi connectivity index (χ2v) is 5.03. The molecule has 0 bridgehead atoms. The molecule has 0 aliphatic carbocycles. The highest BCUT2D eigenvalue weighted by Gasteiger charge is 2.09. The van der Waals surface area contributed by atoms with Gasteiger partial charge in [0.1, 0.15) is 0 Å². The average Bonchev–Trinajstić information content (AvgIpc) is 2.84. The van der Waals surface area contributed by atoms with Crippen molar-refractivity contribution >= 4 is 21.8 Å². The molecule has 1 aromatic heterocycles. The van der Waals surface area contributed by atoms with Crippen molar-refractivity contribution in [2.45, 2.75) is 6.54 Å². The zero-order valence-corrected chi connectivity index (χ0v) is 11.1. The Bertz CT molecular complexity index is 819. The van der Waals surface area contributed by atoms with E-state index in [0.29, 0.717) is 0 Å². The van der Waals surface area contributed by atoms with Gasteiger partial charge >= 0.3 is 0 Å². The molecule has 0 spiro atoms. The predicted octanol–water partition coefficient (Wildman–Crippen LogP) is 4.64. The molecule has 0 atom stereocenters. The molecule has 4 rings (SSSR count). The lowest BCUT2D eigenvalue weighted by Crippen LogP contribution is -1.98. The van der Waals surface area contributed by atoms with Crippen LogP contribution in [0.4, 0.5) is 0 Å². The van der Waals surface area contributed by atoms with Gasteiger partial charge in [-0.25, -0.2) is 0 Å². The molecule has 0 unspecified atom stereocenters. The van der Waals surface area contributed by atoms with Gasteiger partial charge in [-0.05, 0) is 29.8 Å². The van der Waals surface area contributed by atoms with Gasteiger partial charge in [-0.3, -0.25) is 0 Å². The van der Waals surface area contributed by atoms with E-state index in [4.69, 9.17) is 0 Å². The summed E-state index contributed by atoms with van der Waals surface area (Å²) in [5, 5.41) is 2.58. The van der Waals surface area contributed by atoms with Crippen molar-refractivity contribution in [3.05, 3.63) is 84.4 Å². The van der Waals surface area contributed by atoms with Crippen LogP contribution in [0.15, 0.2) is 72.8 Å². The zero-order valence-electron chi connectivity index (χ0n) is 11.1. The van der Waals surface area contributed by atoms with Gasteiger partial charge in [0, 0.05) is 28.4 Å². The van der Waals surface area contributed by atoms with Crippen LogP contribution in [0.3, 0.4) is 0 Å². The molecule has 1 heterocycles. The van der Waals surface area contributed by atoms with Crippen LogP contribution in [0.2, 0.25) is 0 Å². The van der Waals surface area contributed by atoms with E-state index >= 15 is 0 Å². The summed E-state index contributed by atoms with van der Waals surface area (Å²) < 4.78 is 2.38. The van der Waals surface area contributed by atoms with Crippen LogP contribution in [0, 0.1) is 6.07 Å². The Labute approximate surface area is 118 Å². The Morgan fingerprint density at radius 3 is 2.40 bits per heavy atom. The Morgan fingerprint density at radius 2 is 1.50 bits per heavy atom. The molecule has 1 radical (unpaired) electrons. The van der Waals surface area contributed by atoms with E-state index in [-0.39, 0.29) is 0 Å². The number of rotatable bonds is 2. The van der Waals surface area contributed by atoms with Gasteiger partial charge in [-0.1, -0.05) is 54.6 Å². The summed E-state index contributed by atoms with van der Waals surface area (Å²) in [6, 6.07) is 28.6. The molecule has 4 aromatic rings. The molecule has 0 N–H and O–H groups in total. The molecule has 0 amide bonds. The van der Waals surface area contributed by atoms with E-state index in [1.165, 1.54) is 27.4 Å². The lowest BCUT2D eigenvalue weighted by atomic mass is 10.2. The minimum Gasteiger partial charge on any atom is -0.336 e. The number of hydrogen-bond donors (Lipinski definition) is 0. The number of benzene rings is 3. The normalized spacial score (nSPS) is 11.2. The first-order valence-electron chi connectivity index (χ1n) is 6.84. The van der Waals surface area contributed by atoms with Crippen molar-refractivity contribution in [3.63, 3.8) is 0 Å². The SMILES string of the molecule is [c]1ccc2c(c1)c1ccccc1n2Cc1ccccc1. The van der Waals surface area contributed by atoms with Gasteiger partial charge in [0.25, 0.3) is 0 Å². The molecular formula is C19H14N. The van der Waals surface area contributed by atoms with E-state index in [0.717, 1.165) is 6.54 Å². The van der Waals surface area contributed by atoms with Gasteiger partial charge in [0.2, 0.25) is 0 Å². The van der Waals surface area contributed by atoms with Crippen molar-refractivity contribution in [2.24, 2.45) is 0 Å². The van der Waals surface area contributed by atoms with Crippen molar-refractivity contribution in [1.29, 1.82) is 0 Å². The Balaban J connectivity index is 2.00. The van der Waals surface area contributed by atoms with Crippen molar-refractivity contribution < 1.29 is 0 Å². The van der Waals surface area contributed by atoms with Crippen molar-refractivity contribution in [1.82, 2.24) is 4.57 Å². The van der Waals surface area contributed by atoms with E-state index in [2.05, 4.69) is 77.4 Å². The fraction of sp³-hybridized carbons (Fsp3) is 0.0526. The lowest BCUT2D eigenvalue weighted by molar-refractivity contribution is 0.869. The number of para-hydroxylation sites is 1. The highest BCUT2D eigenvalue weighted by molar-refractivity contribution is 6.07. The Morgan fingerprint density at radius 1 is 0.750 bits per heavy atom. The summed E-state index contributed by atoms with van der Waals surface area (Å²) in [6.07, 6.45) is 0. The minimum atomic E-state index is 0.898. The third kappa shape index (κ3) is 1.71. The third-order valence-corrected chi connectivity index (χ3v) is 3.80. The van der Waals surface area contributed by atoms with Crippen LogP contribution in [0.1, 0.15) is 5.56 Å². The van der Waals surface area contributed by atoms with E-state index in [9.17, 15) is 0 Å². The highest BCUT2D eigenvalue weighted by atomic mass is 15.0. The molecule has 1 heteroatoms. The number of aromatic nitrogens is 1. The standard InChI is InChI=1S/C19H14N/c1-2-8-15(9-3-1)14-20-18-12-6-4-10-16(18)17-11-5-7-13-19(17)20/h1-4,6-13H,14H2. The first-order chi connectivity index (χ1) is 9.93. The summed E-state index contributed by atoms with van der Waals surface area (Å²) in [4.78, 5) is 0. The molecule has 0 saturated heterocycles. The predicted molar refractivity (Wildman–Crippen MR) is 83.8 cm³/mol. The summed E-state index contributed by atoms with van der Waals surface area (Å²) in [5.41, 5.74) is 3.88. The van der Waals surface area contributed by atoms with Gasteiger partial charge < -0.3 is 4.57 Å². The minimum absolute atomic E-state index is 0.898. The largest absolute Gasteiger partial charge is 0.336 e. The van der Waals surface area contributed by atoms with Crippen LogP contribution in [0.5, 0.6) is 0 Å². The molecule has 0 fully saturated rings. The van der Waals surface area contributed by atoms with E-state index in [1.807, 2.05) is 6.07 Å². The summed E-state index contributed by atoms with van der Waals surface area (Å²) in [5.74, 6) is 0. The lowest BCUT2D eigenvalue weighted by Gasteiger charge is -2.07. The van der Waals surface area contributed by atoms with Crippen LogP contribution in [-0.2, 0) is 6.54 Å². The molecule has 0 saturated carbocycles. The quantitative estimate of drug-likeness (QED) is 0.492. The molecule has 3 aromatic carbocycles. The van der Waals surface area contributed by atoms with Crippen LogP contribution < -0.4 is 0 Å². The first kappa shape index (κ1) is 11.3. The monoisotopic (exact) mass is 256 g/mol. The van der Waals surface area contributed by atoms with Gasteiger partial charge in [0.05, 0.1) is 0 Å². The number of fused-ring (bicyclic) bond motifs is 3. The fourth-order valence-corrected chi connectivity index (χ4v) is 2.88. The van der Waals surface area contributed by atoms with Crippen molar-refractivity contribution in [2.75, 3.05) is 0 Å². The molecule has 1 nitrogen and oxygen atoms in total.